The van der Waals surface area contributed by atoms with Crippen LogP contribution in [-0.4, -0.2) is 22.7 Å². The molecule has 0 aliphatic heterocycles. The molecule has 0 N–H and O–H groups in total. The largest absolute Gasteiger partial charge is 0.452 e. The fourth-order valence-electron chi connectivity index (χ4n) is 1.80. The van der Waals surface area contributed by atoms with Crippen molar-refractivity contribution in [1.29, 1.82) is 0 Å². The van der Waals surface area contributed by atoms with Gasteiger partial charge in [-0.2, -0.15) is 13.8 Å². The molecule has 0 radical (unpaired) electrons. The molecule has 1 aromatic carbocycles. The summed E-state index contributed by atoms with van der Waals surface area (Å²) >= 11 is 1.46. The Morgan fingerprint density at radius 3 is 2.71 bits per heavy atom. The molecule has 0 fully saturated rings. The van der Waals surface area contributed by atoms with E-state index < -0.39 is 12.6 Å². The fraction of sp³-hybridized carbons (Fsp3) is 0.133. The van der Waals surface area contributed by atoms with Gasteiger partial charge in [0.2, 0.25) is 5.82 Å². The van der Waals surface area contributed by atoms with Crippen LogP contribution in [0.4, 0.5) is 8.78 Å². The summed E-state index contributed by atoms with van der Waals surface area (Å²) in [5.41, 5.74) is 0.189. The molecule has 0 aliphatic rings. The van der Waals surface area contributed by atoms with Crippen molar-refractivity contribution in [3.63, 3.8) is 0 Å². The summed E-state index contributed by atoms with van der Waals surface area (Å²) in [5.74, 6) is -0.109. The molecule has 2 heterocycles. The van der Waals surface area contributed by atoms with Gasteiger partial charge in [-0.25, -0.2) is 4.79 Å². The van der Waals surface area contributed by atoms with Gasteiger partial charge in [0.25, 0.3) is 5.89 Å². The fourth-order valence-corrected chi connectivity index (χ4v) is 2.45. The number of alkyl halides is 2. The number of thiophene rings is 1. The highest BCUT2D eigenvalue weighted by Gasteiger charge is 2.13. The summed E-state index contributed by atoms with van der Waals surface area (Å²) in [6.07, 6.45) is 0. The van der Waals surface area contributed by atoms with Crippen molar-refractivity contribution in [3.05, 3.63) is 53.2 Å². The standard InChI is InChI=1S/C15H10F2N2O4S/c16-15(17)22-10-5-3-9(4-6-10)14(20)21-8-12-18-13(19-23-12)11-2-1-7-24-11/h1-7,15H,8H2. The molecule has 3 aromatic rings. The predicted octanol–water partition coefficient (Wildman–Crippen LogP) is 3.76. The zero-order chi connectivity index (χ0) is 16.9. The number of nitrogens with zero attached hydrogens (tertiary/aromatic N) is 2. The van der Waals surface area contributed by atoms with Crippen LogP contribution in [0.5, 0.6) is 5.75 Å². The first-order valence-electron chi connectivity index (χ1n) is 6.70. The molecule has 6 nitrogen and oxygen atoms in total. The molecule has 0 amide bonds. The van der Waals surface area contributed by atoms with E-state index in [2.05, 4.69) is 14.9 Å². The zero-order valence-electron chi connectivity index (χ0n) is 12.0. The third kappa shape index (κ3) is 3.93. The molecule has 2 aromatic heterocycles. The SMILES string of the molecule is O=C(OCc1nc(-c2cccs2)no1)c1ccc(OC(F)F)cc1. The number of carbonyl (C=O) groups is 1. The Hall–Kier alpha value is -2.81. The van der Waals surface area contributed by atoms with Crippen LogP contribution in [0.25, 0.3) is 10.7 Å². The Morgan fingerprint density at radius 2 is 2.04 bits per heavy atom. The van der Waals surface area contributed by atoms with Gasteiger partial charge in [-0.3, -0.25) is 0 Å². The molecule has 124 valence electrons. The van der Waals surface area contributed by atoms with Crippen molar-refractivity contribution < 1.29 is 27.6 Å². The lowest BCUT2D eigenvalue weighted by atomic mass is 10.2. The van der Waals surface area contributed by atoms with Crippen molar-refractivity contribution in [2.75, 3.05) is 0 Å². The summed E-state index contributed by atoms with van der Waals surface area (Å²) < 4.78 is 38.4. The normalized spacial score (nSPS) is 10.8. The highest BCUT2D eigenvalue weighted by atomic mass is 32.1. The highest BCUT2D eigenvalue weighted by Crippen LogP contribution is 2.21. The van der Waals surface area contributed by atoms with Crippen molar-refractivity contribution in [2.45, 2.75) is 13.2 Å². The summed E-state index contributed by atoms with van der Waals surface area (Å²) in [5, 5.41) is 5.68. The molecule has 24 heavy (non-hydrogen) atoms. The summed E-state index contributed by atoms with van der Waals surface area (Å²) in [4.78, 5) is 16.8. The minimum Gasteiger partial charge on any atom is -0.452 e. The summed E-state index contributed by atoms with van der Waals surface area (Å²) in [7, 11) is 0. The smallest absolute Gasteiger partial charge is 0.387 e. The molecule has 0 atom stereocenters. The Labute approximate surface area is 138 Å². The van der Waals surface area contributed by atoms with E-state index in [0.717, 1.165) is 4.88 Å². The van der Waals surface area contributed by atoms with E-state index in [-0.39, 0.29) is 23.8 Å². The second-order valence-corrected chi connectivity index (χ2v) is 5.42. The van der Waals surface area contributed by atoms with Gasteiger partial charge in [-0.05, 0) is 35.7 Å². The van der Waals surface area contributed by atoms with Gasteiger partial charge in [-0.1, -0.05) is 11.2 Å². The summed E-state index contributed by atoms with van der Waals surface area (Å²) in [6, 6.07) is 8.86. The summed E-state index contributed by atoms with van der Waals surface area (Å²) in [6.45, 7) is -3.11. The molecule has 0 saturated carbocycles. The molecule has 3 rings (SSSR count). The maximum atomic E-state index is 12.1. The highest BCUT2D eigenvalue weighted by molar-refractivity contribution is 7.13. The number of halogens is 2. The number of ether oxygens (including phenoxy) is 2. The first kappa shape index (κ1) is 16.1. The van der Waals surface area contributed by atoms with E-state index in [4.69, 9.17) is 9.26 Å². The van der Waals surface area contributed by atoms with Crippen molar-refractivity contribution >= 4 is 17.3 Å². The van der Waals surface area contributed by atoms with E-state index in [9.17, 15) is 13.6 Å². The maximum absolute atomic E-state index is 12.1. The van der Waals surface area contributed by atoms with Crippen molar-refractivity contribution in [3.8, 4) is 16.5 Å². The van der Waals surface area contributed by atoms with Crippen LogP contribution in [0, 0.1) is 0 Å². The Kier molecular flexibility index (Phi) is 4.80. The average molecular weight is 352 g/mol. The predicted molar refractivity (Wildman–Crippen MR) is 79.8 cm³/mol. The van der Waals surface area contributed by atoms with Crippen LogP contribution in [0.2, 0.25) is 0 Å². The van der Waals surface area contributed by atoms with Crippen molar-refractivity contribution in [2.24, 2.45) is 0 Å². The van der Waals surface area contributed by atoms with Crippen LogP contribution in [-0.2, 0) is 11.3 Å². The minimum absolute atomic E-state index is 0.0426. The molecule has 0 saturated heterocycles. The molecule has 0 bridgehead atoms. The molecule has 0 unspecified atom stereocenters. The zero-order valence-corrected chi connectivity index (χ0v) is 12.8. The number of benzene rings is 1. The first-order valence-corrected chi connectivity index (χ1v) is 7.58. The first-order chi connectivity index (χ1) is 11.6. The maximum Gasteiger partial charge on any atom is 0.387 e. The Morgan fingerprint density at radius 1 is 1.25 bits per heavy atom. The topological polar surface area (TPSA) is 74.5 Å². The molecular weight excluding hydrogens is 342 g/mol. The third-order valence-corrected chi connectivity index (χ3v) is 3.72. The van der Waals surface area contributed by atoms with E-state index in [1.54, 1.807) is 0 Å². The quantitative estimate of drug-likeness (QED) is 0.629. The van der Waals surface area contributed by atoms with Crippen molar-refractivity contribution in [1.82, 2.24) is 10.1 Å². The average Bonchev–Trinajstić information content (AvgIpc) is 3.24. The van der Waals surface area contributed by atoms with Gasteiger partial charge in [0.1, 0.15) is 5.75 Å². The van der Waals surface area contributed by atoms with Gasteiger partial charge in [0, 0.05) is 0 Å². The van der Waals surface area contributed by atoms with E-state index >= 15 is 0 Å². The van der Waals surface area contributed by atoms with Crippen LogP contribution in [0.15, 0.2) is 46.3 Å². The molecular formula is C15H10F2N2O4S. The molecule has 0 aliphatic carbocycles. The van der Waals surface area contributed by atoms with Crippen LogP contribution in [0.1, 0.15) is 16.2 Å². The van der Waals surface area contributed by atoms with E-state index in [1.165, 1.54) is 35.6 Å². The molecule has 0 spiro atoms. The number of hydrogen-bond acceptors (Lipinski definition) is 7. The molecule has 9 heteroatoms. The van der Waals surface area contributed by atoms with Gasteiger partial charge in [0.15, 0.2) is 6.61 Å². The number of rotatable bonds is 6. The van der Waals surface area contributed by atoms with Crippen LogP contribution < -0.4 is 4.74 Å². The number of hydrogen-bond donors (Lipinski definition) is 0. The van der Waals surface area contributed by atoms with Gasteiger partial charge in [0.05, 0.1) is 10.4 Å². The lowest BCUT2D eigenvalue weighted by molar-refractivity contribution is -0.0498. The number of aromatic nitrogens is 2. The third-order valence-electron chi connectivity index (χ3n) is 2.85. The van der Waals surface area contributed by atoms with E-state index in [1.807, 2.05) is 17.5 Å². The Balaban J connectivity index is 1.57. The second kappa shape index (κ2) is 7.18. The van der Waals surface area contributed by atoms with Gasteiger partial charge >= 0.3 is 12.6 Å². The second-order valence-electron chi connectivity index (χ2n) is 4.47. The van der Waals surface area contributed by atoms with E-state index in [0.29, 0.717) is 5.82 Å². The number of esters is 1. The number of carbonyl (C=O) groups excluding carboxylic acids is 1. The monoisotopic (exact) mass is 352 g/mol. The lowest BCUT2D eigenvalue weighted by Gasteiger charge is -2.05. The van der Waals surface area contributed by atoms with Gasteiger partial charge in [-0.15, -0.1) is 11.3 Å². The van der Waals surface area contributed by atoms with Crippen LogP contribution >= 0.6 is 11.3 Å². The van der Waals surface area contributed by atoms with Gasteiger partial charge < -0.3 is 14.0 Å². The van der Waals surface area contributed by atoms with Crippen LogP contribution in [0.3, 0.4) is 0 Å². The minimum atomic E-state index is -2.92. The Bertz CT molecular complexity index is 803. The lowest BCUT2D eigenvalue weighted by Crippen LogP contribution is -2.06.